The molecular weight excluding hydrogens is 303 g/mol. The summed E-state index contributed by atoms with van der Waals surface area (Å²) >= 11 is 0. The Kier molecular flexibility index (Phi) is 4.16. The molecule has 0 radical (unpaired) electrons. The van der Waals surface area contributed by atoms with E-state index < -0.39 is 7.12 Å². The molecule has 1 saturated carbocycles. The molecule has 0 spiro atoms. The summed E-state index contributed by atoms with van der Waals surface area (Å²) in [6, 6.07) is 5.95. The van der Waals surface area contributed by atoms with Gasteiger partial charge in [0.15, 0.2) is 11.5 Å². The van der Waals surface area contributed by atoms with Crippen molar-refractivity contribution in [3.63, 3.8) is 0 Å². The van der Waals surface area contributed by atoms with Crippen LogP contribution in [0, 0.1) is 0 Å². The third kappa shape index (κ3) is 3.57. The Hall–Kier alpha value is -1.20. The van der Waals surface area contributed by atoms with Gasteiger partial charge in [0.2, 0.25) is 0 Å². The lowest BCUT2D eigenvalue weighted by Gasteiger charge is -2.32. The van der Waals surface area contributed by atoms with E-state index >= 15 is 0 Å². The van der Waals surface area contributed by atoms with Crippen molar-refractivity contribution < 1.29 is 18.8 Å². The molecule has 3 rings (SSSR count). The van der Waals surface area contributed by atoms with Crippen molar-refractivity contribution in [2.45, 2.75) is 84.2 Å². The van der Waals surface area contributed by atoms with E-state index in [0.717, 1.165) is 29.8 Å². The molecule has 0 N–H and O–H groups in total. The molecule has 1 aliphatic heterocycles. The van der Waals surface area contributed by atoms with E-state index in [4.69, 9.17) is 18.8 Å². The van der Waals surface area contributed by atoms with Crippen LogP contribution in [0.4, 0.5) is 0 Å². The number of hydrogen-bond donors (Lipinski definition) is 0. The molecule has 1 aromatic rings. The zero-order valence-corrected chi connectivity index (χ0v) is 15.9. The van der Waals surface area contributed by atoms with Crippen molar-refractivity contribution in [3.8, 4) is 11.5 Å². The van der Waals surface area contributed by atoms with Gasteiger partial charge in [-0.3, -0.25) is 0 Å². The molecule has 1 saturated heterocycles. The van der Waals surface area contributed by atoms with Crippen LogP contribution in [0.15, 0.2) is 18.2 Å². The minimum Gasteiger partial charge on any atom is -0.487 e. The first-order valence-corrected chi connectivity index (χ1v) is 8.83. The molecule has 2 fully saturated rings. The molecule has 0 bridgehead atoms. The summed E-state index contributed by atoms with van der Waals surface area (Å²) in [7, 11) is -0.463. The molecule has 5 heteroatoms. The molecule has 2 aliphatic rings. The molecule has 0 atom stereocenters. The van der Waals surface area contributed by atoms with Crippen molar-refractivity contribution in [1.29, 1.82) is 0 Å². The van der Waals surface area contributed by atoms with E-state index in [0.29, 0.717) is 6.10 Å². The van der Waals surface area contributed by atoms with Crippen LogP contribution in [0.2, 0.25) is 0 Å². The minimum atomic E-state index is -0.463. The van der Waals surface area contributed by atoms with Gasteiger partial charge in [-0.15, -0.1) is 0 Å². The summed E-state index contributed by atoms with van der Waals surface area (Å²) < 4.78 is 24.8. The van der Waals surface area contributed by atoms with Crippen molar-refractivity contribution >= 4 is 12.6 Å². The molecule has 24 heavy (non-hydrogen) atoms. The Morgan fingerprint density at radius 3 is 2.12 bits per heavy atom. The van der Waals surface area contributed by atoms with Gasteiger partial charge in [-0.25, -0.2) is 0 Å². The SMILES string of the molecule is CC(C)(C)Oc1c(OC2CC2)cccc1B1OC(C)(C)C(C)(C)O1. The predicted molar refractivity (Wildman–Crippen MR) is 96.2 cm³/mol. The van der Waals surface area contributed by atoms with Crippen LogP contribution < -0.4 is 14.9 Å². The number of ether oxygens (including phenoxy) is 2. The summed E-state index contributed by atoms with van der Waals surface area (Å²) in [5, 5.41) is 0. The van der Waals surface area contributed by atoms with Crippen LogP contribution in [0.25, 0.3) is 0 Å². The molecular formula is C19H29BO4. The molecule has 132 valence electrons. The lowest BCUT2D eigenvalue weighted by molar-refractivity contribution is 0.00578. The standard InChI is InChI=1S/C19H29BO4/c1-17(2,3)22-16-14(9-8-10-15(16)21-13-11-12-13)20-23-18(4,5)19(6,7)24-20/h8-10,13H,11-12H2,1-7H3. The van der Waals surface area contributed by atoms with E-state index in [9.17, 15) is 0 Å². The summed E-state index contributed by atoms with van der Waals surface area (Å²) in [6.07, 6.45) is 2.52. The summed E-state index contributed by atoms with van der Waals surface area (Å²) in [6.45, 7) is 14.3. The Bertz CT molecular complexity index is 598. The topological polar surface area (TPSA) is 36.9 Å². The van der Waals surface area contributed by atoms with E-state index in [1.165, 1.54) is 0 Å². The fraction of sp³-hybridized carbons (Fsp3) is 0.684. The normalized spacial score (nSPS) is 22.5. The zero-order chi connectivity index (χ0) is 17.8. The Balaban J connectivity index is 1.97. The van der Waals surface area contributed by atoms with E-state index in [1.807, 2.05) is 39.0 Å². The van der Waals surface area contributed by atoms with Gasteiger partial charge in [0.1, 0.15) is 5.60 Å². The Morgan fingerprint density at radius 2 is 1.62 bits per heavy atom. The molecule has 0 aromatic heterocycles. The maximum Gasteiger partial charge on any atom is 0.498 e. The van der Waals surface area contributed by atoms with Gasteiger partial charge in [0, 0.05) is 5.46 Å². The van der Waals surface area contributed by atoms with Crippen LogP contribution in [-0.2, 0) is 9.31 Å². The van der Waals surface area contributed by atoms with Crippen molar-refractivity contribution in [2.24, 2.45) is 0 Å². The maximum absolute atomic E-state index is 6.26. The first-order chi connectivity index (χ1) is 11.0. The average molecular weight is 332 g/mol. The largest absolute Gasteiger partial charge is 0.498 e. The highest BCUT2D eigenvalue weighted by Gasteiger charge is 2.53. The van der Waals surface area contributed by atoms with E-state index in [1.54, 1.807) is 0 Å². The summed E-state index contributed by atoms with van der Waals surface area (Å²) in [4.78, 5) is 0. The molecule has 1 aliphatic carbocycles. The van der Waals surface area contributed by atoms with Gasteiger partial charge in [-0.1, -0.05) is 12.1 Å². The van der Waals surface area contributed by atoms with Gasteiger partial charge < -0.3 is 18.8 Å². The number of rotatable bonds is 4. The van der Waals surface area contributed by atoms with Crippen molar-refractivity contribution in [1.82, 2.24) is 0 Å². The quantitative estimate of drug-likeness (QED) is 0.788. The van der Waals surface area contributed by atoms with Crippen molar-refractivity contribution in [3.05, 3.63) is 18.2 Å². The second-order valence-corrected chi connectivity index (χ2v) is 8.79. The summed E-state index contributed by atoms with van der Waals surface area (Å²) in [5.74, 6) is 1.51. The average Bonchev–Trinajstić information content (AvgIpc) is 3.17. The first-order valence-electron chi connectivity index (χ1n) is 8.83. The van der Waals surface area contributed by atoms with Crippen LogP contribution in [0.3, 0.4) is 0 Å². The molecule has 0 amide bonds. The summed E-state index contributed by atoms with van der Waals surface area (Å²) in [5.41, 5.74) is -0.211. The fourth-order valence-electron chi connectivity index (χ4n) is 2.56. The monoisotopic (exact) mass is 332 g/mol. The third-order valence-corrected chi connectivity index (χ3v) is 4.74. The smallest absolute Gasteiger partial charge is 0.487 e. The second kappa shape index (κ2) is 5.67. The minimum absolute atomic E-state index is 0.306. The van der Waals surface area contributed by atoms with Crippen LogP contribution in [0.1, 0.15) is 61.3 Å². The second-order valence-electron chi connectivity index (χ2n) is 8.79. The van der Waals surface area contributed by atoms with Crippen LogP contribution >= 0.6 is 0 Å². The van der Waals surface area contributed by atoms with E-state index in [2.05, 4.69) is 27.7 Å². The number of hydrogen-bond acceptors (Lipinski definition) is 4. The maximum atomic E-state index is 6.26. The third-order valence-electron chi connectivity index (χ3n) is 4.74. The highest BCUT2D eigenvalue weighted by atomic mass is 16.7. The molecule has 1 heterocycles. The molecule has 4 nitrogen and oxygen atoms in total. The fourth-order valence-corrected chi connectivity index (χ4v) is 2.56. The lowest BCUT2D eigenvalue weighted by Crippen LogP contribution is -2.41. The zero-order valence-electron chi connectivity index (χ0n) is 15.9. The van der Waals surface area contributed by atoms with Gasteiger partial charge in [0.25, 0.3) is 0 Å². The number of benzene rings is 1. The van der Waals surface area contributed by atoms with Crippen LogP contribution in [-0.4, -0.2) is 30.0 Å². The predicted octanol–water partition coefficient (Wildman–Crippen LogP) is 3.70. The van der Waals surface area contributed by atoms with E-state index in [-0.39, 0.29) is 16.8 Å². The van der Waals surface area contributed by atoms with Gasteiger partial charge >= 0.3 is 7.12 Å². The molecule has 0 unspecified atom stereocenters. The van der Waals surface area contributed by atoms with Crippen LogP contribution in [0.5, 0.6) is 11.5 Å². The first kappa shape index (κ1) is 17.6. The number of para-hydroxylation sites is 1. The van der Waals surface area contributed by atoms with Gasteiger partial charge in [-0.05, 0) is 67.4 Å². The highest BCUT2D eigenvalue weighted by molar-refractivity contribution is 6.63. The van der Waals surface area contributed by atoms with Gasteiger partial charge in [-0.2, -0.15) is 0 Å². The highest BCUT2D eigenvalue weighted by Crippen LogP contribution is 2.40. The molecule has 1 aromatic carbocycles. The Morgan fingerprint density at radius 1 is 1.04 bits per heavy atom. The Labute approximate surface area is 146 Å². The van der Waals surface area contributed by atoms with Gasteiger partial charge in [0.05, 0.1) is 17.3 Å². The lowest BCUT2D eigenvalue weighted by atomic mass is 9.78. The van der Waals surface area contributed by atoms with Crippen molar-refractivity contribution in [2.75, 3.05) is 0 Å².